The van der Waals surface area contributed by atoms with E-state index in [0.29, 0.717) is 29.5 Å². The molecule has 0 spiro atoms. The van der Waals surface area contributed by atoms with E-state index in [1.807, 2.05) is 6.07 Å². The molecule has 2 aromatic rings. The van der Waals surface area contributed by atoms with Crippen molar-refractivity contribution in [2.75, 3.05) is 21.1 Å². The molecule has 0 unspecified atom stereocenters. The zero-order valence-corrected chi connectivity index (χ0v) is 19.3. The van der Waals surface area contributed by atoms with Crippen molar-refractivity contribution in [3.8, 4) is 0 Å². The lowest BCUT2D eigenvalue weighted by Crippen LogP contribution is -2.36. The van der Waals surface area contributed by atoms with Crippen LogP contribution >= 0.6 is 35.3 Å². The summed E-state index contributed by atoms with van der Waals surface area (Å²) in [6.07, 6.45) is 0. The summed E-state index contributed by atoms with van der Waals surface area (Å²) in [5.74, 6) is 0.629. The Balaban J connectivity index is 0.00000338. The molecular weight excluding hydrogens is 483 g/mol. The summed E-state index contributed by atoms with van der Waals surface area (Å²) in [5.41, 5.74) is 1.95. The number of hydrogen-bond donors (Lipinski definition) is 2. The predicted molar refractivity (Wildman–Crippen MR) is 119 cm³/mol. The van der Waals surface area contributed by atoms with Crippen LogP contribution in [-0.2, 0) is 23.1 Å². The lowest BCUT2D eigenvalue weighted by molar-refractivity contribution is 0.519. The lowest BCUT2D eigenvalue weighted by Gasteiger charge is -2.17. The number of rotatable bonds is 6. The molecule has 0 amide bonds. The van der Waals surface area contributed by atoms with Gasteiger partial charge in [-0.2, -0.15) is 0 Å². The molecule has 0 fully saturated rings. The minimum Gasteiger partial charge on any atom is -0.352 e. The van der Waals surface area contributed by atoms with E-state index < -0.39 is 10.0 Å². The number of sulfonamides is 1. The van der Waals surface area contributed by atoms with E-state index in [4.69, 9.17) is 0 Å². The standard InChI is InChI=1S/C17H24N4O2S2.HI/c1-13-9-10-24-15(13)12-20-17(18-2)19-11-14-7-5-6-8-16(14)25(22,23)21(3)4;/h5-10H,11-12H2,1-4H3,(H2,18,19,20);1H. The minimum absolute atomic E-state index is 0. The summed E-state index contributed by atoms with van der Waals surface area (Å²) >= 11 is 1.70. The van der Waals surface area contributed by atoms with E-state index in [1.165, 1.54) is 28.8 Å². The quantitative estimate of drug-likeness (QED) is 0.358. The van der Waals surface area contributed by atoms with Crippen molar-refractivity contribution in [2.45, 2.75) is 24.9 Å². The van der Waals surface area contributed by atoms with Gasteiger partial charge in [0.25, 0.3) is 0 Å². The summed E-state index contributed by atoms with van der Waals surface area (Å²) in [7, 11) is 1.28. The SMILES string of the molecule is CN=C(NCc1ccccc1S(=O)(=O)N(C)C)NCc1sccc1C.I. The van der Waals surface area contributed by atoms with Crippen LogP contribution in [0.5, 0.6) is 0 Å². The topological polar surface area (TPSA) is 73.8 Å². The van der Waals surface area contributed by atoms with E-state index in [2.05, 4.69) is 34.0 Å². The maximum Gasteiger partial charge on any atom is 0.242 e. The molecule has 144 valence electrons. The molecular formula is C17H25IN4O2S2. The molecule has 0 saturated heterocycles. The van der Waals surface area contributed by atoms with Crippen LogP contribution in [0.2, 0.25) is 0 Å². The highest BCUT2D eigenvalue weighted by Gasteiger charge is 2.20. The second kappa shape index (κ2) is 10.2. The molecule has 2 rings (SSSR count). The fraction of sp³-hybridized carbons (Fsp3) is 0.353. The highest BCUT2D eigenvalue weighted by Crippen LogP contribution is 2.18. The van der Waals surface area contributed by atoms with Crippen molar-refractivity contribution in [1.82, 2.24) is 14.9 Å². The first kappa shape index (κ1) is 22.9. The Kier molecular flexibility index (Phi) is 9.01. The van der Waals surface area contributed by atoms with E-state index in [-0.39, 0.29) is 24.0 Å². The molecule has 0 aliphatic rings. The maximum atomic E-state index is 12.4. The molecule has 1 aromatic heterocycles. The largest absolute Gasteiger partial charge is 0.352 e. The van der Waals surface area contributed by atoms with Gasteiger partial charge in [-0.05, 0) is 35.6 Å². The number of benzene rings is 1. The number of nitrogens with zero attached hydrogens (tertiary/aromatic N) is 2. The third-order valence-electron chi connectivity index (χ3n) is 3.79. The van der Waals surface area contributed by atoms with Gasteiger partial charge in [-0.25, -0.2) is 12.7 Å². The summed E-state index contributed by atoms with van der Waals surface area (Å²) < 4.78 is 26.1. The number of thiophene rings is 1. The van der Waals surface area contributed by atoms with Gasteiger partial charge < -0.3 is 10.6 Å². The molecule has 26 heavy (non-hydrogen) atoms. The minimum atomic E-state index is -3.48. The van der Waals surface area contributed by atoms with E-state index in [0.717, 1.165) is 0 Å². The van der Waals surface area contributed by atoms with Crippen molar-refractivity contribution < 1.29 is 8.42 Å². The van der Waals surface area contributed by atoms with Crippen molar-refractivity contribution in [1.29, 1.82) is 0 Å². The Hall–Kier alpha value is -1.17. The third-order valence-corrected chi connectivity index (χ3v) is 6.72. The molecule has 0 radical (unpaired) electrons. The number of halogens is 1. The van der Waals surface area contributed by atoms with Gasteiger partial charge in [0.15, 0.2) is 5.96 Å². The number of aryl methyl sites for hydroxylation is 1. The van der Waals surface area contributed by atoms with Gasteiger partial charge in [-0.15, -0.1) is 35.3 Å². The molecule has 9 heteroatoms. The number of guanidine groups is 1. The highest BCUT2D eigenvalue weighted by atomic mass is 127. The fourth-order valence-electron chi connectivity index (χ4n) is 2.25. The van der Waals surface area contributed by atoms with Crippen molar-refractivity contribution in [3.05, 3.63) is 51.7 Å². The second-order valence-corrected chi connectivity index (χ2v) is 8.82. The van der Waals surface area contributed by atoms with Crippen LogP contribution in [0.15, 0.2) is 45.6 Å². The van der Waals surface area contributed by atoms with E-state index >= 15 is 0 Å². The van der Waals surface area contributed by atoms with Crippen LogP contribution in [0.3, 0.4) is 0 Å². The molecule has 0 atom stereocenters. The summed E-state index contributed by atoms with van der Waals surface area (Å²) in [5, 5.41) is 8.49. The molecule has 0 bridgehead atoms. The Morgan fingerprint density at radius 2 is 1.81 bits per heavy atom. The van der Waals surface area contributed by atoms with Gasteiger partial charge in [0, 0.05) is 32.6 Å². The Morgan fingerprint density at radius 1 is 1.15 bits per heavy atom. The fourth-order valence-corrected chi connectivity index (χ4v) is 4.21. The molecule has 1 heterocycles. The van der Waals surface area contributed by atoms with Crippen molar-refractivity contribution in [3.63, 3.8) is 0 Å². The molecule has 6 nitrogen and oxygen atoms in total. The zero-order valence-electron chi connectivity index (χ0n) is 15.3. The monoisotopic (exact) mass is 508 g/mol. The number of aliphatic imine (C=N–C) groups is 1. The van der Waals surface area contributed by atoms with Gasteiger partial charge in [0.05, 0.1) is 11.4 Å². The maximum absolute atomic E-state index is 12.4. The molecule has 0 aliphatic carbocycles. The van der Waals surface area contributed by atoms with Gasteiger partial charge in [0.1, 0.15) is 0 Å². The van der Waals surface area contributed by atoms with Crippen LogP contribution in [0.4, 0.5) is 0 Å². The average Bonchev–Trinajstić information content (AvgIpc) is 3.00. The average molecular weight is 508 g/mol. The smallest absolute Gasteiger partial charge is 0.242 e. The molecule has 2 N–H and O–H groups in total. The molecule has 0 aliphatic heterocycles. The predicted octanol–water partition coefficient (Wildman–Crippen LogP) is 2.79. The summed E-state index contributed by atoms with van der Waals surface area (Å²) in [6, 6.07) is 9.07. The zero-order chi connectivity index (χ0) is 18.4. The van der Waals surface area contributed by atoms with Crippen LogP contribution in [0.1, 0.15) is 16.0 Å². The van der Waals surface area contributed by atoms with Gasteiger partial charge in [0.2, 0.25) is 10.0 Å². The Bertz CT molecular complexity index is 848. The van der Waals surface area contributed by atoms with Gasteiger partial charge in [-0.3, -0.25) is 4.99 Å². The first-order chi connectivity index (χ1) is 11.9. The summed E-state index contributed by atoms with van der Waals surface area (Å²) in [6.45, 7) is 3.12. The highest BCUT2D eigenvalue weighted by molar-refractivity contribution is 14.0. The summed E-state index contributed by atoms with van der Waals surface area (Å²) in [4.78, 5) is 5.75. The van der Waals surface area contributed by atoms with Gasteiger partial charge >= 0.3 is 0 Å². The molecule has 1 aromatic carbocycles. The van der Waals surface area contributed by atoms with E-state index in [1.54, 1.807) is 36.6 Å². The van der Waals surface area contributed by atoms with Crippen LogP contribution in [-0.4, -0.2) is 39.8 Å². The normalized spacial score (nSPS) is 12.0. The van der Waals surface area contributed by atoms with Crippen molar-refractivity contribution in [2.24, 2.45) is 4.99 Å². The second-order valence-electron chi connectivity index (χ2n) is 5.70. The molecule has 0 saturated carbocycles. The first-order valence-electron chi connectivity index (χ1n) is 7.84. The van der Waals surface area contributed by atoms with Crippen LogP contribution in [0.25, 0.3) is 0 Å². The van der Waals surface area contributed by atoms with Gasteiger partial charge in [-0.1, -0.05) is 18.2 Å². The van der Waals surface area contributed by atoms with Crippen molar-refractivity contribution >= 4 is 51.3 Å². The first-order valence-corrected chi connectivity index (χ1v) is 10.2. The Morgan fingerprint density at radius 3 is 2.38 bits per heavy atom. The van der Waals surface area contributed by atoms with Crippen LogP contribution in [0, 0.1) is 6.92 Å². The third kappa shape index (κ3) is 5.66. The number of nitrogens with one attached hydrogen (secondary N) is 2. The lowest BCUT2D eigenvalue weighted by atomic mass is 10.2. The Labute approximate surface area is 176 Å². The number of hydrogen-bond acceptors (Lipinski definition) is 4. The van der Waals surface area contributed by atoms with E-state index in [9.17, 15) is 8.42 Å². The van der Waals surface area contributed by atoms with Crippen LogP contribution < -0.4 is 10.6 Å².